The van der Waals surface area contributed by atoms with Gasteiger partial charge in [0, 0.05) is 17.3 Å². The van der Waals surface area contributed by atoms with Crippen LogP contribution in [0.4, 0.5) is 15.8 Å². The number of hydrogen-bond acceptors (Lipinski definition) is 5. The van der Waals surface area contributed by atoms with Crippen molar-refractivity contribution in [1.82, 2.24) is 4.90 Å². The third-order valence-corrected chi connectivity index (χ3v) is 7.72. The van der Waals surface area contributed by atoms with Crippen molar-refractivity contribution < 1.29 is 18.8 Å². The fourth-order valence-corrected chi connectivity index (χ4v) is 6.19. The number of benzene rings is 2. The van der Waals surface area contributed by atoms with E-state index in [9.17, 15) is 18.8 Å². The van der Waals surface area contributed by atoms with Gasteiger partial charge >= 0.3 is 0 Å². The first-order chi connectivity index (χ1) is 16.4. The Kier molecular flexibility index (Phi) is 6.22. The van der Waals surface area contributed by atoms with Crippen LogP contribution in [0.5, 0.6) is 0 Å². The van der Waals surface area contributed by atoms with Gasteiger partial charge in [0.25, 0.3) is 11.8 Å². The Hall–Kier alpha value is -3.04. The van der Waals surface area contributed by atoms with E-state index in [2.05, 4.69) is 5.32 Å². The zero-order valence-electron chi connectivity index (χ0n) is 18.3. The molecule has 6 nitrogen and oxygen atoms in total. The number of thioether (sulfide) groups is 1. The maximum Gasteiger partial charge on any atom is 0.267 e. The van der Waals surface area contributed by atoms with Crippen LogP contribution in [-0.2, 0) is 14.4 Å². The molecule has 2 aromatic rings. The molecule has 1 N–H and O–H groups in total. The molecule has 1 saturated carbocycles. The van der Waals surface area contributed by atoms with Crippen LogP contribution in [0.15, 0.2) is 53.4 Å². The molecule has 0 aromatic heterocycles. The third-order valence-electron chi connectivity index (χ3n) is 6.32. The predicted octanol–water partition coefficient (Wildman–Crippen LogP) is 4.72. The number of thiocarbonyl (C=S) groups is 1. The number of rotatable bonds is 4. The fraction of sp³-hybridized carbons (Fsp3) is 0.280. The zero-order valence-corrected chi connectivity index (χ0v) is 19.9. The second kappa shape index (κ2) is 9.31. The highest BCUT2D eigenvalue weighted by atomic mass is 32.2. The van der Waals surface area contributed by atoms with E-state index >= 15 is 0 Å². The maximum absolute atomic E-state index is 13.5. The monoisotopic (exact) mass is 495 g/mol. The van der Waals surface area contributed by atoms with Crippen LogP contribution in [0, 0.1) is 5.82 Å². The highest BCUT2D eigenvalue weighted by Crippen LogP contribution is 2.45. The molecule has 5 rings (SSSR count). The summed E-state index contributed by atoms with van der Waals surface area (Å²) in [5.74, 6) is -1.46. The summed E-state index contributed by atoms with van der Waals surface area (Å²) in [5.41, 5.74) is 1.91. The second-order valence-corrected chi connectivity index (χ2v) is 10.1. The molecule has 3 aliphatic rings. The molecular weight excluding hydrogens is 473 g/mol. The van der Waals surface area contributed by atoms with Crippen LogP contribution >= 0.6 is 24.0 Å². The van der Waals surface area contributed by atoms with E-state index in [4.69, 9.17) is 12.2 Å². The molecule has 2 heterocycles. The lowest BCUT2D eigenvalue weighted by Gasteiger charge is -2.29. The minimum absolute atomic E-state index is 0.0729. The molecular formula is C25H22FN3O3S2. The first-order valence-electron chi connectivity index (χ1n) is 11.2. The molecule has 0 bridgehead atoms. The molecule has 9 heteroatoms. The minimum atomic E-state index is -0.425. The first kappa shape index (κ1) is 22.7. The molecule has 0 atom stereocenters. The van der Waals surface area contributed by atoms with Crippen molar-refractivity contribution in [3.05, 3.63) is 64.8 Å². The number of carbonyl (C=O) groups is 3. The van der Waals surface area contributed by atoms with Gasteiger partial charge < -0.3 is 5.32 Å². The number of amides is 3. The van der Waals surface area contributed by atoms with Crippen LogP contribution in [0.25, 0.3) is 5.57 Å². The van der Waals surface area contributed by atoms with Gasteiger partial charge in [-0.15, -0.1) is 0 Å². The number of halogens is 1. The predicted molar refractivity (Wildman–Crippen MR) is 135 cm³/mol. The fourth-order valence-electron chi connectivity index (χ4n) is 4.72. The summed E-state index contributed by atoms with van der Waals surface area (Å²) in [6.07, 6.45) is 5.11. The molecule has 0 unspecified atom stereocenters. The molecule has 174 valence electrons. The van der Waals surface area contributed by atoms with Gasteiger partial charge in [-0.05, 0) is 43.2 Å². The average Bonchev–Trinajstić information content (AvgIpc) is 3.28. The van der Waals surface area contributed by atoms with E-state index in [1.54, 1.807) is 29.2 Å². The van der Waals surface area contributed by atoms with Gasteiger partial charge in [0.1, 0.15) is 16.7 Å². The molecule has 2 fully saturated rings. The standard InChI is InChI=1S/C25H22FN3O3S2/c26-15-10-12-16(13-11-15)27-20(30)14-28-19-9-5-4-8-18(19)21(23(28)31)22-24(32)29(25(33)34-22)17-6-2-1-3-7-17/h4-5,8-13,17H,1-3,6-7,14H2,(H,27,30). The molecule has 34 heavy (non-hydrogen) atoms. The summed E-state index contributed by atoms with van der Waals surface area (Å²) in [7, 11) is 0. The largest absolute Gasteiger partial charge is 0.325 e. The van der Waals surface area contributed by atoms with Gasteiger partial charge in [-0.1, -0.05) is 61.4 Å². The number of para-hydroxylation sites is 1. The van der Waals surface area contributed by atoms with E-state index in [-0.39, 0.29) is 18.5 Å². The summed E-state index contributed by atoms with van der Waals surface area (Å²) in [4.78, 5) is 43.0. The van der Waals surface area contributed by atoms with Gasteiger partial charge in [-0.3, -0.25) is 24.2 Å². The Labute approximate surface area is 206 Å². The molecule has 0 radical (unpaired) electrons. The molecule has 1 aliphatic carbocycles. The van der Waals surface area contributed by atoms with Crippen LogP contribution in [-0.4, -0.2) is 39.5 Å². The molecule has 1 saturated heterocycles. The van der Waals surface area contributed by atoms with Crippen molar-refractivity contribution in [2.45, 2.75) is 38.1 Å². The smallest absolute Gasteiger partial charge is 0.267 e. The lowest BCUT2D eigenvalue weighted by atomic mass is 9.94. The number of anilines is 2. The van der Waals surface area contributed by atoms with E-state index in [0.717, 1.165) is 32.1 Å². The average molecular weight is 496 g/mol. The number of nitrogens with one attached hydrogen (secondary N) is 1. The van der Waals surface area contributed by atoms with Gasteiger partial charge in [-0.25, -0.2) is 4.39 Å². The number of hydrogen-bond donors (Lipinski definition) is 1. The van der Waals surface area contributed by atoms with Gasteiger partial charge in [0.05, 0.1) is 16.2 Å². The number of carbonyl (C=O) groups excluding carboxylic acids is 3. The quantitative estimate of drug-likeness (QED) is 0.491. The van der Waals surface area contributed by atoms with Crippen molar-refractivity contribution in [3.63, 3.8) is 0 Å². The van der Waals surface area contributed by atoms with E-state index in [1.807, 2.05) is 0 Å². The van der Waals surface area contributed by atoms with E-state index in [1.165, 1.54) is 40.9 Å². The summed E-state index contributed by atoms with van der Waals surface area (Å²) < 4.78 is 13.6. The third kappa shape index (κ3) is 4.14. The van der Waals surface area contributed by atoms with Crippen molar-refractivity contribution in [2.75, 3.05) is 16.8 Å². The highest BCUT2D eigenvalue weighted by Gasteiger charge is 2.44. The molecule has 0 spiro atoms. The van der Waals surface area contributed by atoms with Crippen molar-refractivity contribution in [1.29, 1.82) is 0 Å². The summed E-state index contributed by atoms with van der Waals surface area (Å²) in [6.45, 7) is -0.236. The summed E-state index contributed by atoms with van der Waals surface area (Å²) in [5, 5.41) is 2.68. The Balaban J connectivity index is 1.43. The molecule has 3 amide bonds. The van der Waals surface area contributed by atoms with Crippen LogP contribution in [0.2, 0.25) is 0 Å². The SMILES string of the molecule is O=C(CN1C(=O)C(=C2SC(=S)N(C3CCCCC3)C2=O)c2ccccc21)Nc1ccc(F)cc1. The van der Waals surface area contributed by atoms with Crippen molar-refractivity contribution >= 4 is 63.0 Å². The molecule has 2 aromatic carbocycles. The van der Waals surface area contributed by atoms with Crippen LogP contribution in [0.1, 0.15) is 37.7 Å². The normalized spacial score (nSPS) is 20.8. The van der Waals surface area contributed by atoms with Crippen LogP contribution < -0.4 is 10.2 Å². The second-order valence-electron chi connectivity index (χ2n) is 8.50. The Morgan fingerprint density at radius 2 is 1.74 bits per heavy atom. The van der Waals surface area contributed by atoms with Crippen molar-refractivity contribution in [2.24, 2.45) is 0 Å². The summed E-state index contributed by atoms with van der Waals surface area (Å²) >= 11 is 6.72. The van der Waals surface area contributed by atoms with Crippen LogP contribution in [0.3, 0.4) is 0 Å². The van der Waals surface area contributed by atoms with Crippen molar-refractivity contribution in [3.8, 4) is 0 Å². The zero-order chi connectivity index (χ0) is 23.8. The highest BCUT2D eigenvalue weighted by molar-refractivity contribution is 8.26. The Morgan fingerprint density at radius 1 is 1.03 bits per heavy atom. The first-order valence-corrected chi connectivity index (χ1v) is 12.4. The van der Waals surface area contributed by atoms with E-state index in [0.29, 0.717) is 31.7 Å². The van der Waals surface area contributed by atoms with Gasteiger partial charge in [0.2, 0.25) is 5.91 Å². The maximum atomic E-state index is 13.5. The van der Waals surface area contributed by atoms with Gasteiger partial charge in [0.15, 0.2) is 0 Å². The molecule has 2 aliphatic heterocycles. The Morgan fingerprint density at radius 3 is 2.47 bits per heavy atom. The lowest BCUT2D eigenvalue weighted by molar-refractivity contribution is -0.124. The van der Waals surface area contributed by atoms with E-state index < -0.39 is 17.6 Å². The lowest BCUT2D eigenvalue weighted by Crippen LogP contribution is -2.40. The number of nitrogens with zero attached hydrogens (tertiary/aromatic N) is 2. The van der Waals surface area contributed by atoms with Gasteiger partial charge in [-0.2, -0.15) is 0 Å². The topological polar surface area (TPSA) is 69.7 Å². The number of fused-ring (bicyclic) bond motifs is 1. The Bertz CT molecular complexity index is 1220. The minimum Gasteiger partial charge on any atom is -0.325 e. The summed E-state index contributed by atoms with van der Waals surface area (Å²) in [6, 6.07) is 12.6.